The highest BCUT2D eigenvalue weighted by atomic mass is 35.5. The summed E-state index contributed by atoms with van der Waals surface area (Å²) in [5.41, 5.74) is 6.24. The predicted molar refractivity (Wildman–Crippen MR) is 253 cm³/mol. The average Bonchev–Trinajstić information content (AvgIpc) is 3.85. The maximum Gasteiger partial charge on any atom is 0.306 e. The summed E-state index contributed by atoms with van der Waals surface area (Å²) in [5.74, 6) is -3.15. The molecule has 0 bridgehead atoms. The van der Waals surface area contributed by atoms with Gasteiger partial charge in [-0.2, -0.15) is 0 Å². The van der Waals surface area contributed by atoms with E-state index in [0.29, 0.717) is 83.9 Å². The highest BCUT2D eigenvalue weighted by Crippen LogP contribution is 2.49. The SMILES string of the molecule is Cn1ccc2cc(-c3cc(Sc4cc(-c5ccc6c(ccn6C)c5)c(C=CC(=O)N5CCC(C(=O)O)CC5)c(Cl)c4Cl)c(Cl)c(Cl)c3C=CC(=O)N3CCC(C(=O)O)CC3)ccc21. The molecule has 10 nitrogen and oxygen atoms in total. The van der Waals surface area contributed by atoms with Gasteiger partial charge in [0.1, 0.15) is 0 Å². The van der Waals surface area contributed by atoms with E-state index in [1.165, 1.54) is 23.9 Å². The number of likely N-dealkylation sites (tertiary alicyclic amines) is 2. The number of aryl methyl sites for hydroxylation is 2. The van der Waals surface area contributed by atoms with Gasteiger partial charge in [0.2, 0.25) is 11.8 Å². The first-order valence-corrected chi connectivity index (χ1v) is 22.7. The van der Waals surface area contributed by atoms with Crippen LogP contribution in [0.5, 0.6) is 0 Å². The van der Waals surface area contributed by atoms with Gasteiger partial charge < -0.3 is 29.1 Å². The number of rotatable bonds is 10. The van der Waals surface area contributed by atoms with E-state index in [1.807, 2.05) is 84.2 Å². The fourth-order valence-corrected chi connectivity index (χ4v) is 10.6. The molecule has 2 aromatic heterocycles. The third-order valence-electron chi connectivity index (χ3n) is 12.1. The Balaban J connectivity index is 1.19. The second kappa shape index (κ2) is 18.5. The van der Waals surface area contributed by atoms with E-state index in [9.17, 15) is 29.4 Å². The number of benzene rings is 4. The predicted octanol–water partition coefficient (Wildman–Crippen LogP) is 11.4. The first-order valence-electron chi connectivity index (χ1n) is 20.4. The number of fused-ring (bicyclic) bond motifs is 2. The molecular formula is C48H42Cl4N4O6S. The Morgan fingerprint density at radius 1 is 0.571 bits per heavy atom. The van der Waals surface area contributed by atoms with Crippen molar-refractivity contribution < 1.29 is 29.4 Å². The van der Waals surface area contributed by atoms with E-state index in [0.717, 1.165) is 32.9 Å². The first-order chi connectivity index (χ1) is 30.2. The Labute approximate surface area is 388 Å². The van der Waals surface area contributed by atoms with Crippen LogP contribution in [0.1, 0.15) is 36.8 Å². The molecule has 2 aliphatic heterocycles. The average molecular weight is 945 g/mol. The van der Waals surface area contributed by atoms with Crippen molar-refractivity contribution in [1.82, 2.24) is 18.9 Å². The Hall–Kier alpha value is -5.17. The lowest BCUT2D eigenvalue weighted by atomic mass is 9.96. The van der Waals surface area contributed by atoms with Gasteiger partial charge in [0.25, 0.3) is 0 Å². The number of carbonyl (C=O) groups excluding carboxylic acids is 2. The first kappa shape index (κ1) is 44.4. The van der Waals surface area contributed by atoms with E-state index >= 15 is 0 Å². The van der Waals surface area contributed by atoms with Crippen molar-refractivity contribution in [3.63, 3.8) is 0 Å². The topological polar surface area (TPSA) is 125 Å². The molecule has 0 aliphatic carbocycles. The van der Waals surface area contributed by atoms with Crippen molar-refractivity contribution in [1.29, 1.82) is 0 Å². The van der Waals surface area contributed by atoms with Gasteiger partial charge in [-0.05, 0) is 109 Å². The van der Waals surface area contributed by atoms with E-state index < -0.39 is 23.8 Å². The summed E-state index contributed by atoms with van der Waals surface area (Å²) < 4.78 is 4.06. The van der Waals surface area contributed by atoms with Crippen LogP contribution in [0.3, 0.4) is 0 Å². The summed E-state index contributed by atoms with van der Waals surface area (Å²) in [7, 11) is 3.95. The maximum atomic E-state index is 13.4. The normalized spacial score (nSPS) is 15.4. The van der Waals surface area contributed by atoms with Gasteiger partial charge in [0.05, 0.1) is 31.9 Å². The van der Waals surface area contributed by atoms with Gasteiger partial charge in [0.15, 0.2) is 0 Å². The number of carboxylic acid groups (broad SMARTS) is 2. The molecule has 4 heterocycles. The number of carbonyl (C=O) groups is 4. The van der Waals surface area contributed by atoms with Gasteiger partial charge in [-0.1, -0.05) is 70.3 Å². The van der Waals surface area contributed by atoms with Crippen LogP contribution in [-0.2, 0) is 33.3 Å². The largest absolute Gasteiger partial charge is 0.481 e. The summed E-state index contributed by atoms with van der Waals surface area (Å²) in [5, 5.41) is 21.8. The number of piperidine rings is 2. The number of carboxylic acids is 2. The Morgan fingerprint density at radius 2 is 0.952 bits per heavy atom. The molecule has 63 heavy (non-hydrogen) atoms. The molecule has 2 amide bonds. The second-order valence-electron chi connectivity index (χ2n) is 16.0. The standard InChI is InChI=1S/C48H42Cl4N4O6S/c1-53-17-11-31-23-29(3-7-37(31)53)35-25-39(45(51)43(49)33(35)5-9-41(57)55-19-13-27(14-20-55)47(59)60)63-40-26-36(30-4-8-38-32(24-30)12-18-54(38)2)34(44(50)46(40)52)6-10-42(58)56-21-15-28(16-22-56)48(61)62/h3-12,17-18,23-28H,13-16,19-22H2,1-2H3,(H,59,60)(H,61,62). The van der Waals surface area contributed by atoms with Crippen molar-refractivity contribution in [3.8, 4) is 22.3 Å². The summed E-state index contributed by atoms with van der Waals surface area (Å²) in [6.07, 6.45) is 11.7. The minimum absolute atomic E-state index is 0.223. The van der Waals surface area contributed by atoms with Gasteiger partial charge in [-0.15, -0.1) is 0 Å². The number of aliphatic carboxylic acids is 2. The van der Waals surface area contributed by atoms with Crippen LogP contribution in [0.2, 0.25) is 20.1 Å². The maximum absolute atomic E-state index is 13.4. The monoisotopic (exact) mass is 942 g/mol. The molecule has 8 rings (SSSR count). The fourth-order valence-electron chi connectivity index (χ4n) is 8.42. The van der Waals surface area contributed by atoms with Crippen molar-refractivity contribution in [2.45, 2.75) is 35.5 Å². The molecule has 4 aromatic carbocycles. The molecule has 2 saturated heterocycles. The zero-order chi connectivity index (χ0) is 44.7. The van der Waals surface area contributed by atoms with Gasteiger partial charge >= 0.3 is 11.9 Å². The second-order valence-corrected chi connectivity index (χ2v) is 18.6. The minimum Gasteiger partial charge on any atom is -0.481 e. The molecular weight excluding hydrogens is 902 g/mol. The fraction of sp³-hybridized carbons (Fsp3) is 0.250. The third-order valence-corrected chi connectivity index (χ3v) is 15.2. The summed E-state index contributed by atoms with van der Waals surface area (Å²) in [6, 6.07) is 20.0. The van der Waals surface area contributed by atoms with E-state index in [2.05, 4.69) is 12.1 Å². The molecule has 0 spiro atoms. The molecule has 2 fully saturated rings. The molecule has 2 N–H and O–H groups in total. The van der Waals surface area contributed by atoms with Crippen LogP contribution < -0.4 is 0 Å². The molecule has 0 saturated carbocycles. The number of hydrogen-bond acceptors (Lipinski definition) is 5. The zero-order valence-corrected chi connectivity index (χ0v) is 38.1. The molecule has 0 atom stereocenters. The molecule has 324 valence electrons. The summed E-state index contributed by atoms with van der Waals surface area (Å²) in [6.45, 7) is 1.35. The smallest absolute Gasteiger partial charge is 0.306 e. The van der Waals surface area contributed by atoms with Crippen LogP contribution in [0.25, 0.3) is 56.2 Å². The molecule has 0 unspecified atom stereocenters. The van der Waals surface area contributed by atoms with Crippen molar-refractivity contribution in [2.75, 3.05) is 26.2 Å². The molecule has 6 aromatic rings. The highest BCUT2D eigenvalue weighted by Gasteiger charge is 2.28. The lowest BCUT2D eigenvalue weighted by Crippen LogP contribution is -2.39. The molecule has 15 heteroatoms. The Kier molecular flexibility index (Phi) is 13.1. The number of hydrogen-bond donors (Lipinski definition) is 2. The minimum atomic E-state index is -0.849. The van der Waals surface area contributed by atoms with Crippen LogP contribution in [0, 0.1) is 11.8 Å². The van der Waals surface area contributed by atoms with Crippen molar-refractivity contribution in [2.24, 2.45) is 25.9 Å². The van der Waals surface area contributed by atoms with Crippen molar-refractivity contribution in [3.05, 3.63) is 116 Å². The van der Waals surface area contributed by atoms with Crippen LogP contribution >= 0.6 is 58.2 Å². The highest BCUT2D eigenvalue weighted by molar-refractivity contribution is 7.99. The van der Waals surface area contributed by atoms with Gasteiger partial charge in [0, 0.05) is 108 Å². The van der Waals surface area contributed by atoms with Gasteiger partial charge in [-0.3, -0.25) is 19.2 Å². The lowest BCUT2D eigenvalue weighted by molar-refractivity contribution is -0.145. The van der Waals surface area contributed by atoms with Crippen LogP contribution in [0.15, 0.2) is 95.0 Å². The lowest BCUT2D eigenvalue weighted by Gasteiger charge is -2.29. The van der Waals surface area contributed by atoms with Crippen molar-refractivity contribution >= 4 is 116 Å². The van der Waals surface area contributed by atoms with E-state index in [1.54, 1.807) is 22.0 Å². The third kappa shape index (κ3) is 9.13. The van der Waals surface area contributed by atoms with E-state index in [-0.39, 0.29) is 31.9 Å². The zero-order valence-electron chi connectivity index (χ0n) is 34.3. The number of nitrogens with zero attached hydrogens (tertiary/aromatic N) is 4. The Bertz CT molecular complexity index is 2690. The quantitative estimate of drug-likeness (QED) is 0.131. The number of aromatic nitrogens is 2. The summed E-state index contributed by atoms with van der Waals surface area (Å²) >= 11 is 29.9. The van der Waals surface area contributed by atoms with Gasteiger partial charge in [-0.25, -0.2) is 0 Å². The van der Waals surface area contributed by atoms with E-state index in [4.69, 9.17) is 46.4 Å². The van der Waals surface area contributed by atoms with Crippen LogP contribution in [-0.4, -0.2) is 79.1 Å². The number of halogens is 4. The van der Waals surface area contributed by atoms with Crippen LogP contribution in [0.4, 0.5) is 0 Å². The summed E-state index contributed by atoms with van der Waals surface area (Å²) in [4.78, 5) is 54.3. The number of amides is 2. The molecule has 2 aliphatic rings. The molecule has 0 radical (unpaired) electrons. The Morgan fingerprint density at radius 3 is 1.32 bits per heavy atom.